The molecule has 0 saturated heterocycles. The van der Waals surface area contributed by atoms with Crippen LogP contribution < -0.4 is 9.47 Å². The molecule has 0 bridgehead atoms. The molecule has 5 heteroatoms. The summed E-state index contributed by atoms with van der Waals surface area (Å²) in [6.45, 7) is 2.61. The highest BCUT2D eigenvalue weighted by Crippen LogP contribution is 2.32. The van der Waals surface area contributed by atoms with Crippen molar-refractivity contribution in [3.63, 3.8) is 0 Å². The van der Waals surface area contributed by atoms with Crippen LogP contribution in [-0.4, -0.2) is 4.98 Å². The molecular formula is C24H19BrFNO2. The molecule has 4 rings (SSSR count). The molecule has 29 heavy (non-hydrogen) atoms. The molecule has 0 N–H and O–H groups in total. The minimum absolute atomic E-state index is 0.289. The lowest BCUT2D eigenvalue weighted by atomic mass is 10.1. The Labute approximate surface area is 177 Å². The van der Waals surface area contributed by atoms with Crippen LogP contribution in [0, 0.1) is 12.7 Å². The van der Waals surface area contributed by atoms with Gasteiger partial charge in [0, 0.05) is 15.4 Å². The third kappa shape index (κ3) is 4.57. The van der Waals surface area contributed by atoms with Gasteiger partial charge in [0.05, 0.1) is 11.2 Å². The van der Waals surface area contributed by atoms with Crippen molar-refractivity contribution in [2.75, 3.05) is 0 Å². The Balaban J connectivity index is 1.67. The topological polar surface area (TPSA) is 31.4 Å². The van der Waals surface area contributed by atoms with Crippen molar-refractivity contribution in [1.29, 1.82) is 0 Å². The molecule has 0 aliphatic heterocycles. The summed E-state index contributed by atoms with van der Waals surface area (Å²) in [5.41, 5.74) is 3.31. The van der Waals surface area contributed by atoms with Crippen LogP contribution >= 0.6 is 15.9 Å². The molecular weight excluding hydrogens is 433 g/mol. The first kappa shape index (κ1) is 19.4. The third-order valence-corrected chi connectivity index (χ3v) is 5.12. The second kappa shape index (κ2) is 8.62. The van der Waals surface area contributed by atoms with Crippen molar-refractivity contribution in [3.05, 3.63) is 99.9 Å². The minimum atomic E-state index is -0.318. The van der Waals surface area contributed by atoms with E-state index in [2.05, 4.69) is 20.9 Å². The standard InChI is InChI=1S/C24H19BrFNO2/c1-16-23(15-28-20-9-5-8-18(25)12-20)27-22-11-10-19(26)13-21(22)24(16)29-14-17-6-3-2-4-7-17/h2-13H,14-15H2,1H3. The number of pyridine rings is 1. The number of fused-ring (bicyclic) bond motifs is 1. The van der Waals surface area contributed by atoms with Gasteiger partial charge in [-0.25, -0.2) is 9.37 Å². The first-order valence-corrected chi connectivity index (χ1v) is 10.0. The first-order valence-electron chi connectivity index (χ1n) is 9.24. The van der Waals surface area contributed by atoms with Crippen molar-refractivity contribution in [1.82, 2.24) is 4.98 Å². The fourth-order valence-electron chi connectivity index (χ4n) is 3.11. The fraction of sp³-hybridized carbons (Fsp3) is 0.125. The van der Waals surface area contributed by atoms with Gasteiger partial charge in [0.15, 0.2) is 0 Å². The van der Waals surface area contributed by atoms with Crippen LogP contribution in [0.2, 0.25) is 0 Å². The molecule has 1 heterocycles. The van der Waals surface area contributed by atoms with E-state index in [0.717, 1.165) is 27.0 Å². The number of ether oxygens (including phenoxy) is 2. The van der Waals surface area contributed by atoms with E-state index in [4.69, 9.17) is 9.47 Å². The van der Waals surface area contributed by atoms with Gasteiger partial charge in [-0.3, -0.25) is 0 Å². The Morgan fingerprint density at radius 3 is 2.52 bits per heavy atom. The van der Waals surface area contributed by atoms with Crippen molar-refractivity contribution < 1.29 is 13.9 Å². The van der Waals surface area contributed by atoms with Crippen LogP contribution in [0.25, 0.3) is 10.9 Å². The van der Waals surface area contributed by atoms with Gasteiger partial charge in [0.25, 0.3) is 0 Å². The number of aromatic nitrogens is 1. The van der Waals surface area contributed by atoms with E-state index in [1.165, 1.54) is 12.1 Å². The van der Waals surface area contributed by atoms with Crippen LogP contribution in [0.4, 0.5) is 4.39 Å². The van der Waals surface area contributed by atoms with E-state index in [-0.39, 0.29) is 12.4 Å². The maximum atomic E-state index is 13.9. The number of hydrogen-bond donors (Lipinski definition) is 0. The van der Waals surface area contributed by atoms with E-state index in [0.29, 0.717) is 23.3 Å². The fourth-order valence-corrected chi connectivity index (χ4v) is 3.49. The number of halogens is 2. The minimum Gasteiger partial charge on any atom is -0.488 e. The highest BCUT2D eigenvalue weighted by atomic mass is 79.9. The molecule has 4 aromatic rings. The third-order valence-electron chi connectivity index (χ3n) is 4.63. The zero-order chi connectivity index (χ0) is 20.2. The quantitative estimate of drug-likeness (QED) is 0.330. The maximum absolute atomic E-state index is 13.9. The number of rotatable bonds is 6. The van der Waals surface area contributed by atoms with E-state index in [1.807, 2.05) is 61.5 Å². The van der Waals surface area contributed by atoms with Gasteiger partial charge in [0.2, 0.25) is 0 Å². The predicted molar refractivity (Wildman–Crippen MR) is 116 cm³/mol. The summed E-state index contributed by atoms with van der Waals surface area (Å²) in [7, 11) is 0. The zero-order valence-corrected chi connectivity index (χ0v) is 17.4. The van der Waals surface area contributed by atoms with Crippen molar-refractivity contribution in [3.8, 4) is 11.5 Å². The summed E-state index contributed by atoms with van der Waals surface area (Å²) in [6.07, 6.45) is 0. The van der Waals surface area contributed by atoms with E-state index >= 15 is 0 Å². The normalized spacial score (nSPS) is 10.9. The molecule has 146 valence electrons. The van der Waals surface area contributed by atoms with Crippen LogP contribution in [0.15, 0.2) is 77.3 Å². The van der Waals surface area contributed by atoms with Gasteiger partial charge in [-0.1, -0.05) is 52.3 Å². The average Bonchev–Trinajstić information content (AvgIpc) is 2.73. The largest absolute Gasteiger partial charge is 0.488 e. The molecule has 0 spiro atoms. The highest BCUT2D eigenvalue weighted by molar-refractivity contribution is 9.10. The maximum Gasteiger partial charge on any atom is 0.134 e. The molecule has 3 aromatic carbocycles. The molecule has 0 aliphatic carbocycles. The summed E-state index contributed by atoms with van der Waals surface area (Å²) in [5, 5.41) is 0.657. The summed E-state index contributed by atoms with van der Waals surface area (Å²) in [5.74, 6) is 1.05. The van der Waals surface area contributed by atoms with Crippen LogP contribution in [0.5, 0.6) is 11.5 Å². The molecule has 0 saturated carbocycles. The second-order valence-electron chi connectivity index (χ2n) is 6.69. The van der Waals surface area contributed by atoms with Crippen LogP contribution in [-0.2, 0) is 13.2 Å². The number of nitrogens with zero attached hydrogens (tertiary/aromatic N) is 1. The lowest BCUT2D eigenvalue weighted by molar-refractivity contribution is 0.291. The molecule has 0 aliphatic rings. The summed E-state index contributed by atoms with van der Waals surface area (Å²) in [4.78, 5) is 4.69. The van der Waals surface area contributed by atoms with Crippen molar-refractivity contribution in [2.45, 2.75) is 20.1 Å². The Kier molecular flexibility index (Phi) is 5.76. The van der Waals surface area contributed by atoms with Gasteiger partial charge in [-0.15, -0.1) is 0 Å². The number of hydrogen-bond acceptors (Lipinski definition) is 3. The molecule has 0 radical (unpaired) electrons. The van der Waals surface area contributed by atoms with Gasteiger partial charge < -0.3 is 9.47 Å². The highest BCUT2D eigenvalue weighted by Gasteiger charge is 2.15. The molecule has 1 aromatic heterocycles. The molecule has 0 fully saturated rings. The number of benzene rings is 3. The predicted octanol–water partition coefficient (Wildman–Crippen LogP) is 6.60. The van der Waals surface area contributed by atoms with Crippen LogP contribution in [0.3, 0.4) is 0 Å². The Hall–Kier alpha value is -2.92. The SMILES string of the molecule is Cc1c(COc2cccc(Br)c2)nc2ccc(F)cc2c1OCc1ccccc1. The first-order chi connectivity index (χ1) is 14.1. The Bertz CT molecular complexity index is 1150. The lowest BCUT2D eigenvalue weighted by Crippen LogP contribution is -2.06. The monoisotopic (exact) mass is 451 g/mol. The van der Waals surface area contributed by atoms with Gasteiger partial charge in [-0.05, 0) is 48.9 Å². The van der Waals surface area contributed by atoms with Crippen molar-refractivity contribution in [2.24, 2.45) is 0 Å². The average molecular weight is 452 g/mol. The van der Waals surface area contributed by atoms with E-state index in [9.17, 15) is 4.39 Å². The summed E-state index contributed by atoms with van der Waals surface area (Å²) in [6, 6.07) is 22.1. The second-order valence-corrected chi connectivity index (χ2v) is 7.61. The van der Waals surface area contributed by atoms with Gasteiger partial charge in [0.1, 0.15) is 30.5 Å². The molecule has 0 unspecified atom stereocenters. The molecule has 0 amide bonds. The Morgan fingerprint density at radius 1 is 0.897 bits per heavy atom. The summed E-state index contributed by atoms with van der Waals surface area (Å²) >= 11 is 3.45. The summed E-state index contributed by atoms with van der Waals surface area (Å²) < 4.78 is 26.9. The Morgan fingerprint density at radius 2 is 1.72 bits per heavy atom. The van der Waals surface area contributed by atoms with E-state index < -0.39 is 0 Å². The van der Waals surface area contributed by atoms with Gasteiger partial charge in [-0.2, -0.15) is 0 Å². The lowest BCUT2D eigenvalue weighted by Gasteiger charge is -2.16. The van der Waals surface area contributed by atoms with Crippen molar-refractivity contribution >= 4 is 26.8 Å². The smallest absolute Gasteiger partial charge is 0.134 e. The van der Waals surface area contributed by atoms with Gasteiger partial charge >= 0.3 is 0 Å². The van der Waals surface area contributed by atoms with E-state index in [1.54, 1.807) is 6.07 Å². The molecule has 0 atom stereocenters. The zero-order valence-electron chi connectivity index (χ0n) is 15.9. The molecule has 3 nitrogen and oxygen atoms in total. The van der Waals surface area contributed by atoms with Crippen LogP contribution in [0.1, 0.15) is 16.8 Å².